The lowest BCUT2D eigenvalue weighted by Crippen LogP contribution is -2.60. The summed E-state index contributed by atoms with van der Waals surface area (Å²) in [4.78, 5) is 66.3. The molecule has 6 rings (SSSR count). The zero-order chi connectivity index (χ0) is 67.1. The summed E-state index contributed by atoms with van der Waals surface area (Å²) in [6.45, 7) is 43.8. The van der Waals surface area contributed by atoms with E-state index in [-0.39, 0.29) is 116 Å². The van der Waals surface area contributed by atoms with Crippen molar-refractivity contribution in [3.63, 3.8) is 0 Å². The minimum absolute atomic E-state index is 0.000484. The standard InChI is InChI=1S/C30H56N2O4.C28H52N2O4.C16H23NO2/c1-27(2)19-23(20-28(3,4)31(27)9)35-25(33)17-15-13-11-12-14-16-18-26(34)36-24-21-29(5,6)32(10)30(7,8)22-24;1-25(2)17-21(18-26(3,4)29-25)33-23(31)15-13-11-9-10-12-14-16-24(32)34-22-19-27(5,6)30-28(7,8)20-22;1-15(2)10-13(11-16(3,4)17-15)19-14(18)12-8-6-5-7-9-12/h23-24H,11-22H2,1-10H3;21-22,29-30H,9-20H2,1-8H3;5-9,13,17H,10-11H2,1-4H3. The number of likely N-dealkylation sites (tertiary alicyclic amines) is 2. The van der Waals surface area contributed by atoms with Gasteiger partial charge in [0.25, 0.3) is 0 Å². The monoisotopic (exact) mass is 1250 g/mol. The van der Waals surface area contributed by atoms with Crippen LogP contribution in [0.25, 0.3) is 0 Å². The van der Waals surface area contributed by atoms with Gasteiger partial charge in [0, 0.05) is 145 Å². The number of hydrogen-bond acceptors (Lipinski definition) is 15. The smallest absolute Gasteiger partial charge is 0.338 e. The summed E-state index contributed by atoms with van der Waals surface area (Å²) in [5.41, 5.74) is 0.654. The van der Waals surface area contributed by atoms with Crippen LogP contribution in [-0.2, 0) is 42.9 Å². The third-order valence-electron chi connectivity index (χ3n) is 19.5. The second kappa shape index (κ2) is 32.5. The molecule has 1 aromatic carbocycles. The molecule has 15 nitrogen and oxygen atoms in total. The molecule has 0 amide bonds. The fraction of sp³-hybridized carbons (Fsp3) is 0.851. The summed E-state index contributed by atoms with van der Waals surface area (Å²) < 4.78 is 29.0. The van der Waals surface area contributed by atoms with Crippen LogP contribution in [0.5, 0.6) is 0 Å². The SMILES string of the molecule is CC1(C)CC(OC(=O)CCCCCCCCC(=O)OC2CC(C)(C)NC(C)(C)C2)CC(C)(C)N1.CC1(C)CC(OC(=O)c2ccccc2)CC(C)(C)N1.CN1C(C)(C)CC(OC(=O)CCCCCCCCC(=O)OC2CC(C)(C)N(C)C(C)(C)C2)CC1(C)C. The van der Waals surface area contributed by atoms with Crippen molar-refractivity contribution in [2.24, 2.45) is 0 Å². The number of nitrogens with zero attached hydrogens (tertiary/aromatic N) is 2. The quantitative estimate of drug-likeness (QED) is 0.0506. The van der Waals surface area contributed by atoms with Gasteiger partial charge in [-0.15, -0.1) is 0 Å². The Morgan fingerprint density at radius 3 is 0.764 bits per heavy atom. The molecule has 0 aliphatic carbocycles. The Bertz CT molecular complexity index is 2190. The van der Waals surface area contributed by atoms with Gasteiger partial charge in [0.2, 0.25) is 0 Å². The highest BCUT2D eigenvalue weighted by molar-refractivity contribution is 5.89. The zero-order valence-electron chi connectivity index (χ0n) is 60.6. The largest absolute Gasteiger partial charge is 0.462 e. The highest BCUT2D eigenvalue weighted by Gasteiger charge is 2.47. The highest BCUT2D eigenvalue weighted by atomic mass is 16.6. The lowest BCUT2D eigenvalue weighted by Gasteiger charge is -2.53. The van der Waals surface area contributed by atoms with Gasteiger partial charge in [-0.25, -0.2) is 4.79 Å². The Morgan fingerprint density at radius 2 is 0.528 bits per heavy atom. The van der Waals surface area contributed by atoms with E-state index in [0.717, 1.165) is 141 Å². The van der Waals surface area contributed by atoms with Crippen molar-refractivity contribution in [3.05, 3.63) is 35.9 Å². The number of carbonyl (C=O) groups is 5. The molecule has 5 fully saturated rings. The Kier molecular flexibility index (Phi) is 28.4. The van der Waals surface area contributed by atoms with Crippen LogP contribution in [0.1, 0.15) is 316 Å². The van der Waals surface area contributed by atoms with Gasteiger partial charge in [-0.2, -0.15) is 0 Å². The Morgan fingerprint density at radius 1 is 0.326 bits per heavy atom. The molecule has 0 atom stereocenters. The Labute approximate surface area is 542 Å². The van der Waals surface area contributed by atoms with Gasteiger partial charge in [-0.3, -0.25) is 29.0 Å². The Hall–Kier alpha value is -3.63. The maximum Gasteiger partial charge on any atom is 0.338 e. The van der Waals surface area contributed by atoms with Crippen molar-refractivity contribution >= 4 is 29.8 Å². The predicted molar refractivity (Wildman–Crippen MR) is 361 cm³/mol. The van der Waals surface area contributed by atoms with E-state index in [0.29, 0.717) is 31.2 Å². The number of esters is 5. The van der Waals surface area contributed by atoms with Gasteiger partial charge < -0.3 is 39.6 Å². The van der Waals surface area contributed by atoms with Crippen LogP contribution < -0.4 is 16.0 Å². The van der Waals surface area contributed by atoms with E-state index in [4.69, 9.17) is 23.7 Å². The molecular weight excluding hydrogens is 1120 g/mol. The van der Waals surface area contributed by atoms with Gasteiger partial charge in [-0.1, -0.05) is 69.6 Å². The molecule has 5 saturated heterocycles. The van der Waals surface area contributed by atoms with Crippen molar-refractivity contribution in [1.29, 1.82) is 0 Å². The fourth-order valence-electron chi connectivity index (χ4n) is 15.9. The molecule has 0 aromatic heterocycles. The molecule has 0 bridgehead atoms. The minimum atomic E-state index is -0.223. The molecule has 5 aliphatic rings. The molecule has 512 valence electrons. The lowest BCUT2D eigenvalue weighted by molar-refractivity contribution is -0.160. The van der Waals surface area contributed by atoms with E-state index in [9.17, 15) is 24.0 Å². The van der Waals surface area contributed by atoms with Crippen LogP contribution in [0, 0.1) is 0 Å². The molecular formula is C74H131N5O10. The van der Waals surface area contributed by atoms with Crippen LogP contribution >= 0.6 is 0 Å². The molecule has 1 aromatic rings. The average Bonchev–Trinajstić information content (AvgIpc) is 1.14. The number of rotatable bonds is 24. The first-order valence-corrected chi connectivity index (χ1v) is 34.7. The van der Waals surface area contributed by atoms with E-state index < -0.39 is 0 Å². The van der Waals surface area contributed by atoms with E-state index in [1.165, 1.54) is 0 Å². The van der Waals surface area contributed by atoms with E-state index in [1.807, 2.05) is 18.2 Å². The second-order valence-corrected chi connectivity index (χ2v) is 34.2. The summed E-state index contributed by atoms with van der Waals surface area (Å²) in [7, 11) is 4.33. The summed E-state index contributed by atoms with van der Waals surface area (Å²) >= 11 is 0. The maximum absolute atomic E-state index is 12.4. The average molecular weight is 1250 g/mol. The Balaban J connectivity index is 0.000000298. The number of benzene rings is 1. The third-order valence-corrected chi connectivity index (χ3v) is 19.5. The van der Waals surface area contributed by atoms with E-state index >= 15 is 0 Å². The van der Waals surface area contributed by atoms with Crippen LogP contribution in [0.4, 0.5) is 0 Å². The number of piperidine rings is 5. The normalized spacial score (nSPS) is 23.7. The number of hydrogen-bond donors (Lipinski definition) is 3. The number of nitrogens with one attached hydrogen (secondary N) is 3. The van der Waals surface area contributed by atoms with Crippen molar-refractivity contribution in [3.8, 4) is 0 Å². The summed E-state index contributed by atoms with van der Waals surface area (Å²) in [5, 5.41) is 10.8. The summed E-state index contributed by atoms with van der Waals surface area (Å²) in [6.07, 6.45) is 22.6. The maximum atomic E-state index is 12.4. The van der Waals surface area contributed by atoms with Crippen LogP contribution in [-0.4, -0.2) is 140 Å². The first-order chi connectivity index (χ1) is 40.8. The second-order valence-electron chi connectivity index (χ2n) is 34.2. The molecule has 5 heterocycles. The molecule has 0 radical (unpaired) electrons. The highest BCUT2D eigenvalue weighted by Crippen LogP contribution is 2.40. The first kappa shape index (κ1) is 77.8. The molecule has 0 saturated carbocycles. The van der Waals surface area contributed by atoms with Crippen LogP contribution in [0.15, 0.2) is 30.3 Å². The molecule has 5 aliphatic heterocycles. The topological polar surface area (TPSA) is 174 Å². The summed E-state index contributed by atoms with van der Waals surface area (Å²) in [5.74, 6) is -0.464. The van der Waals surface area contributed by atoms with Gasteiger partial charge in [-0.05, 0) is 190 Å². The van der Waals surface area contributed by atoms with Crippen LogP contribution in [0.2, 0.25) is 0 Å². The summed E-state index contributed by atoms with van der Waals surface area (Å²) in [6, 6.07) is 9.19. The van der Waals surface area contributed by atoms with Gasteiger partial charge >= 0.3 is 29.8 Å². The van der Waals surface area contributed by atoms with E-state index in [1.54, 1.807) is 12.1 Å². The van der Waals surface area contributed by atoms with E-state index in [2.05, 4.69) is 178 Å². The van der Waals surface area contributed by atoms with Gasteiger partial charge in [0.05, 0.1) is 5.56 Å². The fourth-order valence-corrected chi connectivity index (χ4v) is 15.9. The zero-order valence-corrected chi connectivity index (χ0v) is 60.6. The van der Waals surface area contributed by atoms with Crippen molar-refractivity contribution in [1.82, 2.24) is 25.8 Å². The number of unbranched alkanes of at least 4 members (excludes halogenated alkanes) is 10. The predicted octanol–water partition coefficient (Wildman–Crippen LogP) is 15.5. The molecule has 3 N–H and O–H groups in total. The van der Waals surface area contributed by atoms with Gasteiger partial charge in [0.1, 0.15) is 30.5 Å². The van der Waals surface area contributed by atoms with Crippen molar-refractivity contribution in [2.75, 3.05) is 14.1 Å². The number of carbonyl (C=O) groups excluding carboxylic acids is 5. The molecule has 15 heteroatoms. The van der Waals surface area contributed by atoms with Crippen molar-refractivity contribution in [2.45, 2.75) is 391 Å². The van der Waals surface area contributed by atoms with Crippen molar-refractivity contribution < 1.29 is 47.7 Å². The molecule has 0 spiro atoms. The van der Waals surface area contributed by atoms with Crippen LogP contribution in [0.3, 0.4) is 0 Å². The number of ether oxygens (including phenoxy) is 5. The lowest BCUT2D eigenvalue weighted by atomic mass is 9.78. The van der Waals surface area contributed by atoms with Gasteiger partial charge in [0.15, 0.2) is 0 Å². The first-order valence-electron chi connectivity index (χ1n) is 34.7. The minimum Gasteiger partial charge on any atom is -0.462 e. The third kappa shape index (κ3) is 28.2. The molecule has 0 unspecified atom stereocenters. The molecule has 89 heavy (non-hydrogen) atoms.